The van der Waals surface area contributed by atoms with Crippen molar-refractivity contribution < 1.29 is 0 Å². The van der Waals surface area contributed by atoms with Crippen LogP contribution in [0.5, 0.6) is 0 Å². The maximum absolute atomic E-state index is 4.72. The van der Waals surface area contributed by atoms with Crippen LogP contribution in [0.25, 0.3) is 49.0 Å². The van der Waals surface area contributed by atoms with Gasteiger partial charge in [0.05, 0.1) is 0 Å². The highest BCUT2D eigenvalue weighted by molar-refractivity contribution is 6.21. The average molecular weight is 651 g/mol. The third-order valence-electron chi connectivity index (χ3n) is 10.2. The van der Waals surface area contributed by atoms with E-state index in [4.69, 9.17) is 4.99 Å². The largest absolute Gasteiger partial charge is 0.387 e. The van der Waals surface area contributed by atoms with Gasteiger partial charge in [-0.1, -0.05) is 153 Å². The minimum absolute atomic E-state index is 0.309. The van der Waals surface area contributed by atoms with Crippen LogP contribution in [0.4, 0.5) is 0 Å². The fourth-order valence-electron chi connectivity index (χ4n) is 7.82. The molecule has 5 aromatic carbocycles. The predicted octanol–water partition coefficient (Wildman–Crippen LogP) is 12.8. The Morgan fingerprint density at radius 1 is 0.840 bits per heavy atom. The van der Waals surface area contributed by atoms with E-state index in [1.54, 1.807) is 6.08 Å². The molecule has 2 nitrogen and oxygen atoms in total. The molecule has 0 bridgehead atoms. The standard InChI is InChI=1S/C48H46N2/c1-5-7-29-50-34(4)37-28-30-49-32-46(37)40-24-14-23-39-38(40)22-15-25-41(39)48-44-20-12-10-18-42(44)47(43-19-11-13-21-45(43)48)36-17-9-8-16-35(6-2)31-33(3)26-27-36/h5,7-8,10-16,18-29,31-33,36,49H,1,6,9,17,30H2,2-4H3/b16-8-,27-26-,29-7-,35-31-,50-34?. The van der Waals surface area contributed by atoms with E-state index in [9.17, 15) is 0 Å². The summed E-state index contributed by atoms with van der Waals surface area (Å²) in [7, 11) is 0. The Hall–Kier alpha value is -5.47. The van der Waals surface area contributed by atoms with Gasteiger partial charge in [-0.2, -0.15) is 0 Å². The second-order valence-corrected chi connectivity index (χ2v) is 13.4. The highest BCUT2D eigenvalue weighted by Crippen LogP contribution is 2.46. The molecule has 2 heteroatoms. The molecule has 0 amide bonds. The summed E-state index contributed by atoms with van der Waals surface area (Å²) in [6.45, 7) is 11.2. The van der Waals surface area contributed by atoms with Crippen molar-refractivity contribution in [3.63, 3.8) is 0 Å². The van der Waals surface area contributed by atoms with Gasteiger partial charge in [0, 0.05) is 41.7 Å². The van der Waals surface area contributed by atoms with Gasteiger partial charge in [-0.15, -0.1) is 0 Å². The van der Waals surface area contributed by atoms with Gasteiger partial charge in [-0.3, -0.25) is 4.99 Å². The third kappa shape index (κ3) is 6.46. The average Bonchev–Trinajstić information content (AvgIpc) is 3.16. The van der Waals surface area contributed by atoms with Crippen LogP contribution in [-0.4, -0.2) is 12.3 Å². The fraction of sp³-hybridized carbons (Fsp3) is 0.188. The lowest BCUT2D eigenvalue weighted by atomic mass is 9.80. The van der Waals surface area contributed by atoms with Crippen LogP contribution in [-0.2, 0) is 0 Å². The quantitative estimate of drug-likeness (QED) is 0.0806. The van der Waals surface area contributed by atoms with Crippen LogP contribution in [0.2, 0.25) is 0 Å². The molecule has 1 heterocycles. The van der Waals surface area contributed by atoms with Crippen LogP contribution in [0, 0.1) is 5.92 Å². The number of hydrogen-bond donors (Lipinski definition) is 1. The fourth-order valence-corrected chi connectivity index (χ4v) is 7.82. The predicted molar refractivity (Wildman–Crippen MR) is 219 cm³/mol. The van der Waals surface area contributed by atoms with Crippen LogP contribution >= 0.6 is 0 Å². The Morgan fingerprint density at radius 3 is 2.20 bits per heavy atom. The summed E-state index contributed by atoms with van der Waals surface area (Å²) in [4.78, 5) is 4.72. The van der Waals surface area contributed by atoms with Crippen LogP contribution < -0.4 is 5.32 Å². The monoisotopic (exact) mass is 650 g/mol. The highest BCUT2D eigenvalue weighted by Gasteiger charge is 2.22. The summed E-state index contributed by atoms with van der Waals surface area (Å²) >= 11 is 0. The minimum Gasteiger partial charge on any atom is -0.387 e. The first-order valence-electron chi connectivity index (χ1n) is 18.1. The first-order chi connectivity index (χ1) is 24.6. The number of benzene rings is 5. The van der Waals surface area contributed by atoms with E-state index in [2.05, 4.69) is 160 Å². The van der Waals surface area contributed by atoms with E-state index >= 15 is 0 Å². The molecule has 248 valence electrons. The topological polar surface area (TPSA) is 24.4 Å². The first kappa shape index (κ1) is 33.0. The van der Waals surface area contributed by atoms with Crippen LogP contribution in [0.3, 0.4) is 0 Å². The second kappa shape index (κ2) is 15.0. The van der Waals surface area contributed by atoms with Crippen molar-refractivity contribution in [2.45, 2.75) is 46.0 Å². The van der Waals surface area contributed by atoms with Crippen LogP contribution in [0.15, 0.2) is 169 Å². The molecular formula is C48H46N2. The number of fused-ring (bicyclic) bond motifs is 3. The number of aliphatic imine (C=N–C) groups is 1. The lowest BCUT2D eigenvalue weighted by molar-refractivity contribution is 0.748. The molecule has 0 fully saturated rings. The van der Waals surface area contributed by atoms with Crippen molar-refractivity contribution in [2.24, 2.45) is 10.9 Å². The molecule has 0 saturated carbocycles. The summed E-state index contributed by atoms with van der Waals surface area (Å²) in [6, 6.07) is 31.7. The van der Waals surface area contributed by atoms with Crippen LogP contribution in [0.1, 0.15) is 57.1 Å². The molecule has 1 aliphatic heterocycles. The van der Waals surface area contributed by atoms with Gasteiger partial charge >= 0.3 is 0 Å². The van der Waals surface area contributed by atoms with Crippen molar-refractivity contribution in [2.75, 3.05) is 6.54 Å². The zero-order valence-corrected chi connectivity index (χ0v) is 29.5. The number of hydrogen-bond acceptors (Lipinski definition) is 2. The number of rotatable bonds is 7. The van der Waals surface area contributed by atoms with Crippen molar-refractivity contribution in [1.29, 1.82) is 0 Å². The van der Waals surface area contributed by atoms with E-state index in [-0.39, 0.29) is 0 Å². The number of nitrogens with one attached hydrogen (secondary N) is 1. The molecule has 0 saturated heterocycles. The summed E-state index contributed by atoms with van der Waals surface area (Å²) in [5, 5.41) is 11.2. The molecular weight excluding hydrogens is 605 g/mol. The van der Waals surface area contributed by atoms with E-state index in [0.717, 1.165) is 42.7 Å². The molecule has 1 aliphatic carbocycles. The summed E-state index contributed by atoms with van der Waals surface area (Å²) < 4.78 is 0. The highest BCUT2D eigenvalue weighted by atomic mass is 14.8. The smallest absolute Gasteiger partial charge is 0.0449 e. The van der Waals surface area contributed by atoms with Gasteiger partial charge in [0.15, 0.2) is 0 Å². The molecule has 0 spiro atoms. The summed E-state index contributed by atoms with van der Waals surface area (Å²) in [5.74, 6) is 0.698. The molecule has 2 aliphatic rings. The van der Waals surface area contributed by atoms with E-state index in [1.165, 1.54) is 60.1 Å². The number of allylic oxidation sites excluding steroid dienone is 10. The molecule has 2 unspecified atom stereocenters. The maximum atomic E-state index is 4.72. The van der Waals surface area contributed by atoms with E-state index < -0.39 is 0 Å². The summed E-state index contributed by atoms with van der Waals surface area (Å²) in [5.41, 5.74) is 9.91. The summed E-state index contributed by atoms with van der Waals surface area (Å²) in [6.07, 6.45) is 25.1. The van der Waals surface area contributed by atoms with Crippen molar-refractivity contribution in [3.05, 3.63) is 175 Å². The number of dihydropyridines is 1. The SMILES string of the molecule is C=C/C=C\N=C(C)C1=CCNC=C1c1cccc2c(-c3c4ccccc4c(C4/C=C\C(C)/C=C(CC)\C=C/CC4)c4ccccc34)cccc12. The van der Waals surface area contributed by atoms with Gasteiger partial charge in [-0.25, -0.2) is 0 Å². The molecule has 2 atom stereocenters. The lowest BCUT2D eigenvalue weighted by Gasteiger charge is -2.23. The van der Waals surface area contributed by atoms with Crippen molar-refractivity contribution >= 4 is 43.6 Å². The van der Waals surface area contributed by atoms with Crippen molar-refractivity contribution in [3.8, 4) is 11.1 Å². The molecule has 1 N–H and O–H groups in total. The van der Waals surface area contributed by atoms with Gasteiger partial charge in [-0.05, 0) is 92.8 Å². The molecule has 7 rings (SSSR count). The number of nitrogens with zero attached hydrogens (tertiary/aromatic N) is 1. The van der Waals surface area contributed by atoms with E-state index in [0.29, 0.717) is 11.8 Å². The Labute approximate surface area is 297 Å². The molecule has 50 heavy (non-hydrogen) atoms. The second-order valence-electron chi connectivity index (χ2n) is 13.4. The Balaban J connectivity index is 1.43. The van der Waals surface area contributed by atoms with Gasteiger partial charge in [0.2, 0.25) is 0 Å². The maximum Gasteiger partial charge on any atom is 0.0449 e. The Morgan fingerprint density at radius 2 is 1.50 bits per heavy atom. The van der Waals surface area contributed by atoms with Gasteiger partial charge in [0.25, 0.3) is 0 Å². The molecule has 0 radical (unpaired) electrons. The molecule has 0 aromatic heterocycles. The molecule has 5 aromatic rings. The normalized spacial score (nSPS) is 20.9. The zero-order valence-electron chi connectivity index (χ0n) is 29.5. The zero-order chi connectivity index (χ0) is 34.5. The first-order valence-corrected chi connectivity index (χ1v) is 18.1. The Kier molecular flexibility index (Phi) is 9.89. The minimum atomic E-state index is 0.309. The third-order valence-corrected chi connectivity index (χ3v) is 10.2. The van der Waals surface area contributed by atoms with Gasteiger partial charge in [0.1, 0.15) is 0 Å². The van der Waals surface area contributed by atoms with Gasteiger partial charge < -0.3 is 5.32 Å². The Bertz CT molecular complexity index is 2250. The van der Waals surface area contributed by atoms with Crippen molar-refractivity contribution in [1.82, 2.24) is 5.32 Å². The lowest BCUT2D eigenvalue weighted by Crippen LogP contribution is -2.15. The van der Waals surface area contributed by atoms with E-state index in [1.807, 2.05) is 12.3 Å².